The van der Waals surface area contributed by atoms with Gasteiger partial charge >= 0.3 is 6.18 Å². The van der Waals surface area contributed by atoms with E-state index in [1.165, 1.54) is 0 Å². The number of para-hydroxylation sites is 1. The van der Waals surface area contributed by atoms with Gasteiger partial charge < -0.3 is 10.7 Å². The number of H-pyrrole nitrogens is 1. The Morgan fingerprint density at radius 2 is 2.00 bits per heavy atom. The maximum atomic E-state index is 13.0. The van der Waals surface area contributed by atoms with E-state index in [9.17, 15) is 13.2 Å². The second kappa shape index (κ2) is 5.46. The molecular weight excluding hydrogens is 273 g/mol. The summed E-state index contributed by atoms with van der Waals surface area (Å²) >= 11 is 0.749. The number of fused-ring (bicyclic) bond motifs is 1. The Morgan fingerprint density at radius 1 is 1.32 bits per heavy atom. The molecule has 1 aromatic carbocycles. The summed E-state index contributed by atoms with van der Waals surface area (Å²) < 4.78 is 39.0. The Bertz CT molecular complexity index is 517. The van der Waals surface area contributed by atoms with Gasteiger partial charge in [0.05, 0.1) is 5.03 Å². The average Bonchev–Trinajstić information content (AvgIpc) is 2.76. The summed E-state index contributed by atoms with van der Waals surface area (Å²) in [7, 11) is 0. The van der Waals surface area contributed by atoms with Gasteiger partial charge in [-0.1, -0.05) is 36.9 Å². The molecule has 2 nitrogen and oxygen atoms in total. The molecular formula is C13H15F3N2S. The minimum absolute atomic E-state index is 0.289. The van der Waals surface area contributed by atoms with Gasteiger partial charge in [0, 0.05) is 16.9 Å². The third kappa shape index (κ3) is 3.25. The van der Waals surface area contributed by atoms with Crippen LogP contribution in [0, 0.1) is 0 Å². The Labute approximate surface area is 113 Å². The number of halogens is 3. The molecule has 0 aliphatic carbocycles. The number of nitrogens with one attached hydrogen (secondary N) is 1. The van der Waals surface area contributed by atoms with Crippen LogP contribution in [-0.4, -0.2) is 22.5 Å². The zero-order chi connectivity index (χ0) is 14.0. The van der Waals surface area contributed by atoms with E-state index < -0.39 is 17.5 Å². The highest BCUT2D eigenvalue weighted by Gasteiger charge is 2.43. The third-order valence-corrected chi connectivity index (χ3v) is 4.29. The molecule has 104 valence electrons. The van der Waals surface area contributed by atoms with Crippen LogP contribution in [-0.2, 0) is 0 Å². The molecule has 0 radical (unpaired) electrons. The molecule has 3 N–H and O–H groups in total. The molecule has 0 amide bonds. The minimum Gasteiger partial charge on any atom is -0.350 e. The van der Waals surface area contributed by atoms with Crippen molar-refractivity contribution < 1.29 is 13.2 Å². The van der Waals surface area contributed by atoms with Crippen LogP contribution in [0.2, 0.25) is 0 Å². The molecule has 1 aromatic heterocycles. The van der Waals surface area contributed by atoms with E-state index in [4.69, 9.17) is 5.73 Å². The number of rotatable bonds is 4. The van der Waals surface area contributed by atoms with Crippen LogP contribution in [0.25, 0.3) is 10.9 Å². The van der Waals surface area contributed by atoms with E-state index in [0.717, 1.165) is 22.7 Å². The molecule has 0 bridgehead atoms. The molecule has 0 saturated heterocycles. The summed E-state index contributed by atoms with van der Waals surface area (Å²) in [5, 5.41) is -0.200. The smallest absolute Gasteiger partial charge is 0.350 e. The number of hydrogen-bond donors (Lipinski definition) is 2. The van der Waals surface area contributed by atoms with Gasteiger partial charge in [-0.05, 0) is 18.6 Å². The van der Waals surface area contributed by atoms with E-state index in [-0.39, 0.29) is 6.42 Å². The van der Waals surface area contributed by atoms with Crippen molar-refractivity contribution in [2.24, 2.45) is 5.73 Å². The van der Waals surface area contributed by atoms with E-state index >= 15 is 0 Å². The lowest BCUT2D eigenvalue weighted by molar-refractivity contribution is -0.132. The van der Waals surface area contributed by atoms with Gasteiger partial charge in [-0.25, -0.2) is 0 Å². The van der Waals surface area contributed by atoms with Crippen molar-refractivity contribution in [2.45, 2.75) is 35.8 Å². The van der Waals surface area contributed by atoms with Gasteiger partial charge in [-0.3, -0.25) is 0 Å². The largest absolute Gasteiger partial charge is 0.402 e. The zero-order valence-corrected chi connectivity index (χ0v) is 11.2. The summed E-state index contributed by atoms with van der Waals surface area (Å²) in [6, 6.07) is 8.20. The maximum Gasteiger partial charge on any atom is 0.402 e. The number of hydrogen-bond acceptors (Lipinski definition) is 2. The standard InChI is InChI=1S/C13H15F3N2S/c1-2-9(17)12(13(14,15)16)19-11-7-8-5-3-4-6-10(8)18-11/h3-7,9,12,18H,2,17H2,1H3. The lowest BCUT2D eigenvalue weighted by Gasteiger charge is -2.24. The molecule has 1 heterocycles. The van der Waals surface area contributed by atoms with E-state index in [1.54, 1.807) is 13.0 Å². The summed E-state index contributed by atoms with van der Waals surface area (Å²) in [5.41, 5.74) is 6.42. The van der Waals surface area contributed by atoms with Crippen LogP contribution >= 0.6 is 11.8 Å². The molecule has 0 fully saturated rings. The number of aromatic amines is 1. The fourth-order valence-corrected chi connectivity index (χ4v) is 3.00. The molecule has 0 aliphatic heterocycles. The highest BCUT2D eigenvalue weighted by atomic mass is 32.2. The monoisotopic (exact) mass is 288 g/mol. The Kier molecular flexibility index (Phi) is 4.10. The predicted octanol–water partition coefficient (Wildman–Crippen LogP) is 3.93. The van der Waals surface area contributed by atoms with Crippen molar-refractivity contribution in [2.75, 3.05) is 0 Å². The molecule has 19 heavy (non-hydrogen) atoms. The average molecular weight is 288 g/mol. The number of nitrogens with two attached hydrogens (primary N) is 1. The third-order valence-electron chi connectivity index (χ3n) is 2.94. The van der Waals surface area contributed by atoms with Gasteiger partial charge in [-0.15, -0.1) is 0 Å². The van der Waals surface area contributed by atoms with Crippen LogP contribution in [0.5, 0.6) is 0 Å². The van der Waals surface area contributed by atoms with Crippen molar-refractivity contribution in [3.05, 3.63) is 30.3 Å². The maximum absolute atomic E-state index is 13.0. The summed E-state index contributed by atoms with van der Waals surface area (Å²) in [5.74, 6) is 0. The van der Waals surface area contributed by atoms with E-state index in [2.05, 4.69) is 4.98 Å². The lowest BCUT2D eigenvalue weighted by atomic mass is 10.1. The number of aromatic nitrogens is 1. The molecule has 2 rings (SSSR count). The first kappa shape index (κ1) is 14.3. The van der Waals surface area contributed by atoms with Crippen LogP contribution in [0.15, 0.2) is 35.4 Å². The van der Waals surface area contributed by atoms with Crippen molar-refractivity contribution >= 4 is 22.7 Å². The quantitative estimate of drug-likeness (QED) is 0.837. The molecule has 0 aliphatic rings. The summed E-state index contributed by atoms with van der Waals surface area (Å²) in [6.07, 6.45) is -4.02. The Hall–Kier alpha value is -1.14. The van der Waals surface area contributed by atoms with Gasteiger partial charge in [0.2, 0.25) is 0 Å². The first-order valence-corrected chi connectivity index (χ1v) is 6.86. The van der Waals surface area contributed by atoms with Gasteiger partial charge in [0.25, 0.3) is 0 Å². The number of thioether (sulfide) groups is 1. The van der Waals surface area contributed by atoms with E-state index in [1.807, 2.05) is 24.3 Å². The molecule has 6 heteroatoms. The number of benzene rings is 1. The second-order valence-corrected chi connectivity index (χ2v) is 5.56. The number of alkyl halides is 3. The zero-order valence-electron chi connectivity index (χ0n) is 10.4. The van der Waals surface area contributed by atoms with Crippen LogP contribution in [0.4, 0.5) is 13.2 Å². The molecule has 2 unspecified atom stereocenters. The summed E-state index contributed by atoms with van der Waals surface area (Å²) in [6.45, 7) is 1.66. The van der Waals surface area contributed by atoms with Crippen LogP contribution in [0.3, 0.4) is 0 Å². The molecule has 2 atom stereocenters. The molecule has 0 saturated carbocycles. The summed E-state index contributed by atoms with van der Waals surface area (Å²) in [4.78, 5) is 2.98. The lowest BCUT2D eigenvalue weighted by Crippen LogP contribution is -2.42. The second-order valence-electron chi connectivity index (χ2n) is 4.37. The van der Waals surface area contributed by atoms with Crippen molar-refractivity contribution in [1.82, 2.24) is 4.98 Å². The van der Waals surface area contributed by atoms with Crippen LogP contribution < -0.4 is 5.73 Å². The highest BCUT2D eigenvalue weighted by molar-refractivity contribution is 8.00. The van der Waals surface area contributed by atoms with Crippen molar-refractivity contribution in [3.63, 3.8) is 0 Å². The SMILES string of the molecule is CCC(N)C(Sc1cc2ccccc2[nH]1)C(F)(F)F. The topological polar surface area (TPSA) is 41.8 Å². The molecule has 2 aromatic rings. The first-order valence-electron chi connectivity index (χ1n) is 5.98. The molecule has 0 spiro atoms. The normalized spacial score (nSPS) is 15.6. The predicted molar refractivity (Wildman–Crippen MR) is 72.3 cm³/mol. The van der Waals surface area contributed by atoms with Crippen molar-refractivity contribution in [3.8, 4) is 0 Å². The fraction of sp³-hybridized carbons (Fsp3) is 0.385. The fourth-order valence-electron chi connectivity index (χ4n) is 1.86. The Morgan fingerprint density at radius 3 is 2.58 bits per heavy atom. The van der Waals surface area contributed by atoms with Gasteiger partial charge in [0.1, 0.15) is 5.25 Å². The van der Waals surface area contributed by atoms with E-state index in [0.29, 0.717) is 5.03 Å². The van der Waals surface area contributed by atoms with Crippen molar-refractivity contribution in [1.29, 1.82) is 0 Å². The van der Waals surface area contributed by atoms with Crippen LogP contribution in [0.1, 0.15) is 13.3 Å². The van der Waals surface area contributed by atoms with Gasteiger partial charge in [-0.2, -0.15) is 13.2 Å². The first-order chi connectivity index (χ1) is 8.91. The van der Waals surface area contributed by atoms with Gasteiger partial charge in [0.15, 0.2) is 0 Å². The Balaban J connectivity index is 2.25. The minimum atomic E-state index is -4.31. The highest BCUT2D eigenvalue weighted by Crippen LogP contribution is 2.38.